The number of rotatable bonds is 1. The van der Waals surface area contributed by atoms with E-state index in [1.54, 1.807) is 7.05 Å². The Labute approximate surface area is 121 Å². The summed E-state index contributed by atoms with van der Waals surface area (Å²) in [6.07, 6.45) is 0. The van der Waals surface area contributed by atoms with Gasteiger partial charge in [-0.25, -0.2) is 9.78 Å². The molecule has 0 atom stereocenters. The number of benzene rings is 1. The van der Waals surface area contributed by atoms with Crippen molar-refractivity contribution in [2.45, 2.75) is 6.92 Å². The van der Waals surface area contributed by atoms with Crippen molar-refractivity contribution in [1.82, 2.24) is 19.5 Å². The van der Waals surface area contributed by atoms with E-state index in [1.165, 1.54) is 4.57 Å². The van der Waals surface area contributed by atoms with Crippen molar-refractivity contribution in [3.8, 4) is 11.4 Å². The van der Waals surface area contributed by atoms with Gasteiger partial charge in [0, 0.05) is 17.1 Å². The largest absolute Gasteiger partial charge is 0.332 e. The van der Waals surface area contributed by atoms with Crippen molar-refractivity contribution >= 4 is 27.1 Å². The molecule has 0 bridgehead atoms. The smallest absolute Gasteiger partial charge is 0.329 e. The highest BCUT2D eigenvalue weighted by Gasteiger charge is 2.12. The molecule has 1 aromatic carbocycles. The van der Waals surface area contributed by atoms with Gasteiger partial charge in [-0.3, -0.25) is 14.3 Å². The molecule has 3 rings (SSSR count). The van der Waals surface area contributed by atoms with E-state index in [0.717, 1.165) is 15.6 Å². The summed E-state index contributed by atoms with van der Waals surface area (Å²) in [4.78, 5) is 32.9. The van der Waals surface area contributed by atoms with Gasteiger partial charge < -0.3 is 4.98 Å². The van der Waals surface area contributed by atoms with E-state index < -0.39 is 11.2 Å². The second-order valence-electron chi connectivity index (χ2n) is 4.62. The SMILES string of the molecule is Cc1cc(Br)cc(-c2nc3c([nH]2)c(=O)[nH]c(=O)n3C)c1. The maximum absolute atomic E-state index is 11.8. The molecule has 2 aromatic heterocycles. The second kappa shape index (κ2) is 4.45. The molecule has 0 fully saturated rings. The molecule has 0 saturated carbocycles. The van der Waals surface area contributed by atoms with Crippen LogP contribution in [0.5, 0.6) is 0 Å². The second-order valence-corrected chi connectivity index (χ2v) is 5.54. The van der Waals surface area contributed by atoms with Crippen LogP contribution in [0.25, 0.3) is 22.6 Å². The first-order valence-corrected chi connectivity index (χ1v) is 6.71. The highest BCUT2D eigenvalue weighted by atomic mass is 79.9. The number of imidazole rings is 1. The lowest BCUT2D eigenvalue weighted by Crippen LogP contribution is -2.28. The molecule has 0 aliphatic rings. The maximum atomic E-state index is 11.8. The van der Waals surface area contributed by atoms with Crippen LogP contribution in [0.15, 0.2) is 32.3 Å². The van der Waals surface area contributed by atoms with Crippen LogP contribution in [-0.2, 0) is 7.05 Å². The Morgan fingerprint density at radius 3 is 2.65 bits per heavy atom. The minimum atomic E-state index is -0.481. The van der Waals surface area contributed by atoms with Crippen molar-refractivity contribution in [2.75, 3.05) is 0 Å². The molecule has 0 unspecified atom stereocenters. The highest BCUT2D eigenvalue weighted by molar-refractivity contribution is 9.10. The van der Waals surface area contributed by atoms with Crippen molar-refractivity contribution in [1.29, 1.82) is 0 Å². The van der Waals surface area contributed by atoms with Crippen LogP contribution in [0.3, 0.4) is 0 Å². The predicted octanol–water partition coefficient (Wildman–Crippen LogP) is 1.69. The zero-order valence-corrected chi connectivity index (χ0v) is 12.4. The Kier molecular flexibility index (Phi) is 2.86. The van der Waals surface area contributed by atoms with Gasteiger partial charge in [0.2, 0.25) is 0 Å². The molecule has 20 heavy (non-hydrogen) atoms. The lowest BCUT2D eigenvalue weighted by atomic mass is 10.1. The maximum Gasteiger partial charge on any atom is 0.329 e. The van der Waals surface area contributed by atoms with Crippen molar-refractivity contribution in [2.24, 2.45) is 7.05 Å². The summed E-state index contributed by atoms with van der Waals surface area (Å²) in [7, 11) is 1.57. The molecule has 0 aliphatic carbocycles. The molecule has 2 heterocycles. The summed E-state index contributed by atoms with van der Waals surface area (Å²) in [5.74, 6) is 0.552. The number of aromatic nitrogens is 4. The molecule has 3 aromatic rings. The lowest BCUT2D eigenvalue weighted by Gasteiger charge is -2.00. The predicted molar refractivity (Wildman–Crippen MR) is 79.8 cm³/mol. The van der Waals surface area contributed by atoms with E-state index >= 15 is 0 Å². The van der Waals surface area contributed by atoms with Crippen molar-refractivity contribution < 1.29 is 0 Å². The number of hydrogen-bond acceptors (Lipinski definition) is 3. The van der Waals surface area contributed by atoms with Gasteiger partial charge in [-0.05, 0) is 30.7 Å². The summed E-state index contributed by atoms with van der Waals surface area (Å²) in [5, 5.41) is 0. The lowest BCUT2D eigenvalue weighted by molar-refractivity contribution is 0.832. The van der Waals surface area contributed by atoms with Crippen molar-refractivity contribution in [3.63, 3.8) is 0 Å². The summed E-state index contributed by atoms with van der Waals surface area (Å²) >= 11 is 3.43. The molecule has 0 spiro atoms. The summed E-state index contributed by atoms with van der Waals surface area (Å²) < 4.78 is 2.23. The summed E-state index contributed by atoms with van der Waals surface area (Å²) in [5.41, 5.74) is 1.60. The normalized spacial score (nSPS) is 11.2. The van der Waals surface area contributed by atoms with Crippen LogP contribution in [0.2, 0.25) is 0 Å². The number of aryl methyl sites for hydroxylation is 2. The number of fused-ring (bicyclic) bond motifs is 1. The summed E-state index contributed by atoms with van der Waals surface area (Å²) in [6, 6.07) is 5.83. The van der Waals surface area contributed by atoms with Crippen LogP contribution in [-0.4, -0.2) is 19.5 Å². The first-order valence-electron chi connectivity index (χ1n) is 5.92. The average molecular weight is 335 g/mol. The third kappa shape index (κ3) is 2.00. The van der Waals surface area contributed by atoms with Crippen molar-refractivity contribution in [3.05, 3.63) is 49.1 Å². The molecule has 0 radical (unpaired) electrons. The fourth-order valence-corrected chi connectivity index (χ4v) is 2.72. The first-order chi connectivity index (χ1) is 9.45. The van der Waals surface area contributed by atoms with Gasteiger partial charge in [0.1, 0.15) is 11.3 Å². The number of aromatic amines is 2. The molecule has 0 aliphatic heterocycles. The van der Waals surface area contributed by atoms with Gasteiger partial charge in [-0.1, -0.05) is 15.9 Å². The van der Waals surface area contributed by atoms with E-state index in [0.29, 0.717) is 17.0 Å². The van der Waals surface area contributed by atoms with E-state index in [4.69, 9.17) is 0 Å². The molecular weight excluding hydrogens is 324 g/mol. The van der Waals surface area contributed by atoms with Crippen LogP contribution in [0.1, 0.15) is 5.56 Å². The fourth-order valence-electron chi connectivity index (χ4n) is 2.11. The Morgan fingerprint density at radius 1 is 1.20 bits per heavy atom. The average Bonchev–Trinajstić information content (AvgIpc) is 2.80. The summed E-state index contributed by atoms with van der Waals surface area (Å²) in [6.45, 7) is 1.97. The number of H-pyrrole nitrogens is 2. The van der Waals surface area contributed by atoms with Crippen LogP contribution >= 0.6 is 15.9 Å². The molecule has 2 N–H and O–H groups in total. The third-order valence-electron chi connectivity index (χ3n) is 3.07. The van der Waals surface area contributed by atoms with E-state index in [1.807, 2.05) is 25.1 Å². The van der Waals surface area contributed by atoms with Crippen LogP contribution in [0.4, 0.5) is 0 Å². The number of halogens is 1. The number of hydrogen-bond donors (Lipinski definition) is 2. The molecular formula is C13H11BrN4O2. The third-order valence-corrected chi connectivity index (χ3v) is 3.53. The van der Waals surface area contributed by atoms with E-state index in [9.17, 15) is 9.59 Å². The van der Waals surface area contributed by atoms with Gasteiger partial charge >= 0.3 is 5.69 Å². The number of nitrogens with zero attached hydrogens (tertiary/aromatic N) is 2. The van der Waals surface area contributed by atoms with Gasteiger partial charge in [0.15, 0.2) is 5.65 Å². The monoisotopic (exact) mass is 334 g/mol. The number of nitrogens with one attached hydrogen (secondary N) is 2. The minimum Gasteiger partial charge on any atom is -0.332 e. The van der Waals surface area contributed by atoms with E-state index in [-0.39, 0.29) is 0 Å². The van der Waals surface area contributed by atoms with Gasteiger partial charge in [-0.15, -0.1) is 0 Å². The first kappa shape index (κ1) is 12.9. The topological polar surface area (TPSA) is 83.5 Å². The van der Waals surface area contributed by atoms with Gasteiger partial charge in [-0.2, -0.15) is 0 Å². The molecule has 6 nitrogen and oxygen atoms in total. The Bertz CT molecular complexity index is 915. The van der Waals surface area contributed by atoms with Gasteiger partial charge in [0.05, 0.1) is 0 Å². The zero-order valence-electron chi connectivity index (χ0n) is 10.8. The Morgan fingerprint density at radius 2 is 1.95 bits per heavy atom. The van der Waals surface area contributed by atoms with E-state index in [2.05, 4.69) is 30.9 Å². The van der Waals surface area contributed by atoms with Crippen LogP contribution < -0.4 is 11.2 Å². The fraction of sp³-hybridized carbons (Fsp3) is 0.154. The molecule has 7 heteroatoms. The zero-order chi connectivity index (χ0) is 14.4. The van der Waals surface area contributed by atoms with Gasteiger partial charge in [0.25, 0.3) is 5.56 Å². The molecule has 0 saturated heterocycles. The molecule has 102 valence electrons. The Hall–Kier alpha value is -2.15. The standard InChI is InChI=1S/C13H11BrN4O2/c1-6-3-7(5-8(14)4-6)10-15-9-11(16-10)18(2)13(20)17-12(9)19/h3-5H,1-2H3,(H,15,16)(H,17,19,20). The quantitative estimate of drug-likeness (QED) is 0.710. The Balaban J connectivity index is 2.33. The van der Waals surface area contributed by atoms with Crippen LogP contribution in [0, 0.1) is 6.92 Å². The highest BCUT2D eigenvalue weighted by Crippen LogP contribution is 2.23. The molecule has 0 amide bonds. The minimum absolute atomic E-state index is 0.291.